The summed E-state index contributed by atoms with van der Waals surface area (Å²) in [4.78, 5) is 26.0. The zero-order chi connectivity index (χ0) is 34.8. The van der Waals surface area contributed by atoms with E-state index in [0.717, 1.165) is 57.8 Å². The van der Waals surface area contributed by atoms with Crippen LogP contribution in [-0.2, 0) is 14.2 Å². The molecule has 0 aromatic carbocycles. The fraction of sp³-hybridized carbons (Fsp3) is 0.944. The molecule has 48 heavy (non-hydrogen) atoms. The predicted molar refractivity (Wildman–Crippen MR) is 171 cm³/mol. The van der Waals surface area contributed by atoms with E-state index in [2.05, 4.69) is 33.0 Å². The quantitative estimate of drug-likeness (QED) is 0.313. The van der Waals surface area contributed by atoms with Crippen LogP contribution < -0.4 is 11.1 Å². The van der Waals surface area contributed by atoms with Crippen LogP contribution >= 0.6 is 0 Å². The maximum absolute atomic E-state index is 12.9. The summed E-state index contributed by atoms with van der Waals surface area (Å²) in [6, 6.07) is -0.329. The van der Waals surface area contributed by atoms with E-state index >= 15 is 0 Å². The molecule has 5 aliphatic carbocycles. The van der Waals surface area contributed by atoms with Crippen LogP contribution in [-0.4, -0.2) is 84.6 Å². The molecule has 4 N–H and O–H groups in total. The summed E-state index contributed by atoms with van der Waals surface area (Å²) >= 11 is 0. The third-order valence-electron chi connectivity index (χ3n) is 15.6. The highest BCUT2D eigenvalue weighted by molar-refractivity contribution is 5.68. The molecule has 0 aromatic rings. The molecule has 2 amide bonds. The molecule has 2 saturated heterocycles. The van der Waals surface area contributed by atoms with Gasteiger partial charge in [0.1, 0.15) is 12.2 Å². The van der Waals surface area contributed by atoms with Crippen molar-refractivity contribution in [2.45, 2.75) is 142 Å². The van der Waals surface area contributed by atoms with Crippen molar-refractivity contribution in [1.82, 2.24) is 10.2 Å². The van der Waals surface area contributed by atoms with Gasteiger partial charge in [0.2, 0.25) is 0 Å². The van der Waals surface area contributed by atoms with Crippen molar-refractivity contribution in [3.05, 3.63) is 0 Å². The summed E-state index contributed by atoms with van der Waals surface area (Å²) < 4.78 is 56.4. The first-order valence-corrected chi connectivity index (χ1v) is 18.3. The Bertz CT molecular complexity index is 1310. The first-order valence-electron chi connectivity index (χ1n) is 18.3. The van der Waals surface area contributed by atoms with E-state index < -0.39 is 37.1 Å². The van der Waals surface area contributed by atoms with Gasteiger partial charge in [0.05, 0.1) is 30.9 Å². The number of nitrogens with zero attached hydrogens (tertiary/aromatic N) is 1. The van der Waals surface area contributed by atoms with Gasteiger partial charge in [-0.25, -0.2) is 9.59 Å². The topological polar surface area (TPSA) is 123 Å². The molecule has 2 aliphatic heterocycles. The number of hydrogen-bond acceptors (Lipinski definition) is 7. The van der Waals surface area contributed by atoms with Gasteiger partial charge in [0, 0.05) is 23.9 Å². The fourth-order valence-corrected chi connectivity index (χ4v) is 13.4. The highest BCUT2D eigenvalue weighted by atomic mass is 19.4. The number of fused-ring (bicyclic) bond motifs is 4. The fourth-order valence-electron chi connectivity index (χ4n) is 13.4. The maximum Gasteiger partial charge on any atom is 0.407 e. The number of nitrogens with one attached hydrogen (secondary N) is 1. The van der Waals surface area contributed by atoms with E-state index in [1.807, 2.05) is 13.8 Å². The molecule has 0 aromatic heterocycles. The average molecular weight is 684 g/mol. The Hall–Kier alpha value is -1.79. The average Bonchev–Trinajstić information content (AvgIpc) is 3.60. The summed E-state index contributed by atoms with van der Waals surface area (Å²) in [5.74, 6) is 1.01. The number of rotatable bonds is 6. The van der Waals surface area contributed by atoms with Crippen LogP contribution in [0, 0.1) is 50.7 Å². The van der Waals surface area contributed by atoms with Crippen molar-refractivity contribution in [3.63, 3.8) is 0 Å². The lowest BCUT2D eigenvalue weighted by molar-refractivity contribution is -0.184. The van der Waals surface area contributed by atoms with E-state index in [9.17, 15) is 27.9 Å². The number of aliphatic hydroxyl groups excluding tert-OH is 1. The Morgan fingerprint density at radius 3 is 2.31 bits per heavy atom. The summed E-state index contributed by atoms with van der Waals surface area (Å²) in [5, 5.41) is 15.2. The largest absolute Gasteiger partial charge is 0.446 e. The number of carbonyl (C=O) groups is 2. The zero-order valence-corrected chi connectivity index (χ0v) is 29.4. The molecule has 7 fully saturated rings. The molecular weight excluding hydrogens is 627 g/mol. The van der Waals surface area contributed by atoms with Gasteiger partial charge in [-0.05, 0) is 97.7 Å². The monoisotopic (exact) mass is 683 g/mol. The lowest BCUT2D eigenvalue weighted by atomic mass is 9.41. The van der Waals surface area contributed by atoms with Gasteiger partial charge in [0.25, 0.3) is 0 Å². The molecule has 9 nitrogen and oxygen atoms in total. The van der Waals surface area contributed by atoms with E-state index in [-0.39, 0.29) is 76.4 Å². The molecule has 8 unspecified atom stereocenters. The molecule has 272 valence electrons. The van der Waals surface area contributed by atoms with Crippen molar-refractivity contribution < 1.29 is 42.1 Å². The van der Waals surface area contributed by atoms with Gasteiger partial charge in [-0.2, -0.15) is 13.2 Å². The number of alkyl halides is 3. The van der Waals surface area contributed by atoms with E-state index in [1.165, 1.54) is 4.90 Å². The molecule has 7 aliphatic rings. The minimum absolute atomic E-state index is 0.0382. The molecule has 7 rings (SSSR count). The normalized spacial score (nSPS) is 46.9. The summed E-state index contributed by atoms with van der Waals surface area (Å²) in [6.07, 6.45) is 1.27. The number of aliphatic hydroxyl groups is 1. The highest BCUT2D eigenvalue weighted by Crippen LogP contribution is 2.89. The Balaban J connectivity index is 1.04. The number of hydrogen-bond donors (Lipinski definition) is 3. The first-order chi connectivity index (χ1) is 22.3. The number of nitrogens with two attached hydrogens (primary N) is 1. The van der Waals surface area contributed by atoms with Crippen LogP contribution in [0.15, 0.2) is 0 Å². The third kappa shape index (κ3) is 4.87. The van der Waals surface area contributed by atoms with Crippen molar-refractivity contribution in [2.24, 2.45) is 56.5 Å². The Morgan fingerprint density at radius 2 is 1.67 bits per heavy atom. The van der Waals surface area contributed by atoms with Crippen molar-refractivity contribution in [3.8, 4) is 0 Å². The van der Waals surface area contributed by atoms with E-state index in [4.69, 9.17) is 19.9 Å². The number of carbonyl (C=O) groups excluding carboxylic acids is 2. The molecule has 5 saturated carbocycles. The molecule has 12 atom stereocenters. The number of likely N-dealkylation sites (tertiary alicyclic amines) is 1. The molecule has 0 radical (unpaired) electrons. The van der Waals surface area contributed by atoms with Gasteiger partial charge in [-0.15, -0.1) is 0 Å². The number of primary amides is 1. The summed E-state index contributed by atoms with van der Waals surface area (Å²) in [6.45, 7) is 12.6. The zero-order valence-electron chi connectivity index (χ0n) is 29.4. The van der Waals surface area contributed by atoms with Crippen LogP contribution in [0.3, 0.4) is 0 Å². The van der Waals surface area contributed by atoms with E-state index in [0.29, 0.717) is 11.8 Å². The number of ether oxygens (including phenoxy) is 3. The Labute approximate surface area is 282 Å². The molecular formula is C36H56F3N3O6. The van der Waals surface area contributed by atoms with Crippen molar-refractivity contribution >= 4 is 12.2 Å². The molecule has 2 heterocycles. The van der Waals surface area contributed by atoms with Gasteiger partial charge >= 0.3 is 18.4 Å². The Morgan fingerprint density at radius 1 is 1.00 bits per heavy atom. The number of amides is 2. The predicted octanol–water partition coefficient (Wildman–Crippen LogP) is 6.02. The second-order valence-corrected chi connectivity index (χ2v) is 18.2. The third-order valence-corrected chi connectivity index (χ3v) is 15.6. The second kappa shape index (κ2) is 11.1. The summed E-state index contributed by atoms with van der Waals surface area (Å²) in [5.41, 5.74) is 5.09. The van der Waals surface area contributed by atoms with Crippen molar-refractivity contribution in [1.29, 1.82) is 0 Å². The molecule has 2 spiro atoms. The highest BCUT2D eigenvalue weighted by Gasteiger charge is 2.84. The first kappa shape index (κ1) is 34.6. The molecule has 12 heteroatoms. The molecule has 0 bridgehead atoms. The minimum atomic E-state index is -4.24. The lowest BCUT2D eigenvalue weighted by Gasteiger charge is -2.63. The van der Waals surface area contributed by atoms with Gasteiger partial charge in [-0.3, -0.25) is 4.90 Å². The summed E-state index contributed by atoms with van der Waals surface area (Å²) in [7, 11) is 0. The van der Waals surface area contributed by atoms with Gasteiger partial charge < -0.3 is 30.4 Å². The SMILES string of the molecule is CC(C)C(OC(N)=O)C1CC[C@H]2C(O1)[C@H](O)[C@@]1(C)C3CC[C@H]4C(C)(C)C(OC(=O)NC5CN(CC(F)(F)F)C5)CCC45CC35CCC21C. The standard InChI is InChI=1S/C36H56F3N3O6/c1-19(2)26(48-29(40)44)22-8-7-21-27(46-22)28(43)33(6)24-10-9-23-31(3,4)25(11-12-34(23)17-35(24,34)14-13-32(21,33)5)47-30(45)41-20-15-42(16-20)18-36(37,38)39/h19-28,43H,7-18H2,1-6H3,(H2,40,44)(H,41,45)/t21-,22?,23-,24?,25?,26?,27?,28-,32?,33+,34?,35?/m0/s1. The van der Waals surface area contributed by atoms with Gasteiger partial charge in [0.15, 0.2) is 0 Å². The number of halogens is 3. The van der Waals surface area contributed by atoms with Crippen LogP contribution in [0.1, 0.15) is 99.3 Å². The number of alkyl carbamates (subject to hydrolysis) is 1. The van der Waals surface area contributed by atoms with Crippen LogP contribution in [0.2, 0.25) is 0 Å². The van der Waals surface area contributed by atoms with Crippen LogP contribution in [0.4, 0.5) is 22.8 Å². The lowest BCUT2D eigenvalue weighted by Crippen LogP contribution is -2.62. The Kier molecular flexibility index (Phi) is 8.02. The minimum Gasteiger partial charge on any atom is -0.446 e. The van der Waals surface area contributed by atoms with Crippen LogP contribution in [0.5, 0.6) is 0 Å². The maximum atomic E-state index is 12.9. The van der Waals surface area contributed by atoms with Crippen LogP contribution in [0.25, 0.3) is 0 Å². The smallest absolute Gasteiger partial charge is 0.407 e. The van der Waals surface area contributed by atoms with E-state index in [1.54, 1.807) is 0 Å². The second-order valence-electron chi connectivity index (χ2n) is 18.2. The van der Waals surface area contributed by atoms with Gasteiger partial charge in [-0.1, -0.05) is 41.5 Å². The van der Waals surface area contributed by atoms with Crippen molar-refractivity contribution in [2.75, 3.05) is 19.6 Å².